The second-order valence-corrected chi connectivity index (χ2v) is 3.00. The molecule has 84 valence electrons. The van der Waals surface area contributed by atoms with Crippen LogP contribution in [0, 0.1) is 5.41 Å². The summed E-state index contributed by atoms with van der Waals surface area (Å²) in [5.74, 6) is -1.85. The van der Waals surface area contributed by atoms with Crippen LogP contribution in [0.5, 0.6) is 0 Å². The number of allylic oxidation sites excluding steroid dienone is 1. The molecular weight excluding hydrogens is 205 g/mol. The minimum absolute atomic E-state index is 0.164. The fourth-order valence-electron chi connectivity index (χ4n) is 1.03. The first kappa shape index (κ1) is 11.3. The first-order valence-corrected chi connectivity index (χ1v) is 4.14. The number of nitrogens with one attached hydrogen (secondary N) is 2. The smallest absolute Gasteiger partial charge is 0.202 e. The molecule has 1 unspecified atom stereocenters. The third-order valence-electron chi connectivity index (χ3n) is 1.86. The van der Waals surface area contributed by atoms with Crippen molar-refractivity contribution in [3.63, 3.8) is 0 Å². The fraction of sp³-hybridized carbons (Fsp3) is 0.375. The molecule has 0 spiro atoms. The second-order valence-electron chi connectivity index (χ2n) is 3.00. The highest BCUT2D eigenvalue weighted by Gasteiger charge is 2.32. The van der Waals surface area contributed by atoms with Crippen LogP contribution in [0.2, 0.25) is 0 Å². The Kier molecular flexibility index (Phi) is 3.15. The molecule has 2 atom stereocenters. The molecule has 0 bridgehead atoms. The molecule has 1 rings (SSSR count). The van der Waals surface area contributed by atoms with Gasteiger partial charge in [0.25, 0.3) is 0 Å². The van der Waals surface area contributed by atoms with Gasteiger partial charge in [0.2, 0.25) is 6.23 Å². The number of aliphatic hydroxyl groups is 2. The van der Waals surface area contributed by atoms with Crippen molar-refractivity contribution in [3.05, 3.63) is 23.5 Å². The Labute approximate surface area is 85.4 Å². The van der Waals surface area contributed by atoms with Gasteiger partial charge < -0.3 is 26.0 Å². The van der Waals surface area contributed by atoms with Gasteiger partial charge in [0.05, 0.1) is 0 Å². The molecule has 0 saturated heterocycles. The fourth-order valence-corrected chi connectivity index (χ4v) is 1.03. The molecule has 0 aliphatic carbocycles. The quantitative estimate of drug-likeness (QED) is 0.333. The van der Waals surface area contributed by atoms with Gasteiger partial charge in [0, 0.05) is 6.20 Å². The molecule has 0 aromatic rings. The summed E-state index contributed by atoms with van der Waals surface area (Å²) in [4.78, 5) is 0. The van der Waals surface area contributed by atoms with Gasteiger partial charge in [-0.25, -0.2) is 4.39 Å². The van der Waals surface area contributed by atoms with Gasteiger partial charge in [-0.1, -0.05) is 0 Å². The van der Waals surface area contributed by atoms with Crippen LogP contribution < -0.4 is 11.1 Å². The predicted molar refractivity (Wildman–Crippen MR) is 50.4 cm³/mol. The highest BCUT2D eigenvalue weighted by atomic mass is 19.1. The van der Waals surface area contributed by atoms with Crippen molar-refractivity contribution >= 4 is 5.84 Å². The van der Waals surface area contributed by atoms with Gasteiger partial charge in [-0.3, -0.25) is 5.41 Å². The first-order valence-electron chi connectivity index (χ1n) is 4.14. The van der Waals surface area contributed by atoms with E-state index in [-0.39, 0.29) is 11.5 Å². The molecule has 15 heavy (non-hydrogen) atoms. The highest BCUT2D eigenvalue weighted by molar-refractivity contribution is 5.91. The molecule has 6 nitrogen and oxygen atoms in total. The summed E-state index contributed by atoms with van der Waals surface area (Å²) in [5.41, 5.74) is 4.85. The predicted octanol–water partition coefficient (Wildman–Crippen LogP) is -0.170. The number of aliphatic hydroxyl groups excluding tert-OH is 2. The lowest BCUT2D eigenvalue weighted by molar-refractivity contribution is 0.0274. The summed E-state index contributed by atoms with van der Waals surface area (Å²) in [5, 5.41) is 27.6. The summed E-state index contributed by atoms with van der Waals surface area (Å²) in [6.07, 6.45) is -1.45. The lowest BCUT2D eigenvalue weighted by Gasteiger charge is -2.15. The van der Waals surface area contributed by atoms with Gasteiger partial charge in [-0.15, -0.1) is 0 Å². The van der Waals surface area contributed by atoms with E-state index < -0.39 is 24.0 Å². The van der Waals surface area contributed by atoms with Crippen molar-refractivity contribution in [3.8, 4) is 0 Å². The van der Waals surface area contributed by atoms with Crippen molar-refractivity contribution in [1.29, 1.82) is 5.41 Å². The summed E-state index contributed by atoms with van der Waals surface area (Å²) in [6, 6.07) is 0. The normalized spacial score (nSPS) is 26.5. The van der Waals surface area contributed by atoms with E-state index in [1.165, 1.54) is 6.92 Å². The van der Waals surface area contributed by atoms with Gasteiger partial charge >= 0.3 is 0 Å². The third kappa shape index (κ3) is 2.38. The van der Waals surface area contributed by atoms with E-state index >= 15 is 0 Å². The van der Waals surface area contributed by atoms with E-state index in [1.54, 1.807) is 0 Å². The summed E-state index contributed by atoms with van der Waals surface area (Å²) < 4.78 is 17.7. The van der Waals surface area contributed by atoms with Gasteiger partial charge in [-0.05, 0) is 6.92 Å². The van der Waals surface area contributed by atoms with E-state index in [4.69, 9.17) is 15.9 Å². The first-order chi connectivity index (χ1) is 6.93. The molecule has 1 heterocycles. The van der Waals surface area contributed by atoms with E-state index in [2.05, 4.69) is 5.32 Å². The molecule has 7 heteroatoms. The minimum Gasteiger partial charge on any atom is -0.506 e. The molecule has 0 aromatic heterocycles. The maximum absolute atomic E-state index is 12.7. The Hall–Kier alpha value is -1.76. The van der Waals surface area contributed by atoms with Crippen molar-refractivity contribution < 1.29 is 19.3 Å². The number of hydrogen-bond acceptors (Lipinski definition) is 5. The summed E-state index contributed by atoms with van der Waals surface area (Å²) in [7, 11) is 0. The van der Waals surface area contributed by atoms with Crippen molar-refractivity contribution in [2.75, 3.05) is 0 Å². The Balaban J connectivity index is 2.58. The third-order valence-corrected chi connectivity index (χ3v) is 1.86. The Morgan fingerprint density at radius 1 is 1.73 bits per heavy atom. The lowest BCUT2D eigenvalue weighted by Crippen LogP contribution is -2.36. The van der Waals surface area contributed by atoms with Gasteiger partial charge in [-0.2, -0.15) is 0 Å². The number of ether oxygens (including phenoxy) is 1. The Bertz CT molecular complexity index is 340. The summed E-state index contributed by atoms with van der Waals surface area (Å²) in [6.45, 7) is 1.46. The summed E-state index contributed by atoms with van der Waals surface area (Å²) >= 11 is 0. The van der Waals surface area contributed by atoms with Gasteiger partial charge in [0.1, 0.15) is 5.76 Å². The maximum Gasteiger partial charge on any atom is 0.202 e. The lowest BCUT2D eigenvalue weighted by atomic mass is 10.3. The highest BCUT2D eigenvalue weighted by Crippen LogP contribution is 2.21. The van der Waals surface area contributed by atoms with Gasteiger partial charge in [0.15, 0.2) is 23.5 Å². The molecule has 0 saturated carbocycles. The largest absolute Gasteiger partial charge is 0.506 e. The number of hydrogen-bond donors (Lipinski definition) is 5. The molecule has 1 aliphatic heterocycles. The molecule has 1 aliphatic rings. The van der Waals surface area contributed by atoms with Crippen LogP contribution >= 0.6 is 0 Å². The molecule has 0 aromatic carbocycles. The zero-order chi connectivity index (χ0) is 11.6. The van der Waals surface area contributed by atoms with Crippen LogP contribution in [0.1, 0.15) is 6.92 Å². The van der Waals surface area contributed by atoms with E-state index in [0.717, 1.165) is 6.20 Å². The zero-order valence-corrected chi connectivity index (χ0v) is 7.99. The number of rotatable bonds is 3. The topological polar surface area (TPSA) is 112 Å². The second kappa shape index (κ2) is 4.18. The van der Waals surface area contributed by atoms with E-state index in [9.17, 15) is 14.6 Å². The average Bonchev–Trinajstić information content (AvgIpc) is 2.42. The Morgan fingerprint density at radius 2 is 2.33 bits per heavy atom. The van der Waals surface area contributed by atoms with Crippen molar-refractivity contribution in [2.24, 2.45) is 5.73 Å². The standard InChI is InChI=1S/C8H12FN3O3/c1-3-5(13)6(14)8(15-3)12-2-4(9)7(10)11/h2,6,8,12-14H,1H3,(H3,10,11)/b4-2+/t6?,8-/m1/s1. The van der Waals surface area contributed by atoms with Crippen LogP contribution in [0.3, 0.4) is 0 Å². The van der Waals surface area contributed by atoms with Crippen molar-refractivity contribution in [1.82, 2.24) is 5.32 Å². The van der Waals surface area contributed by atoms with Crippen LogP contribution in [0.4, 0.5) is 4.39 Å². The molecule has 0 fully saturated rings. The van der Waals surface area contributed by atoms with E-state index in [0.29, 0.717) is 0 Å². The van der Waals surface area contributed by atoms with Crippen LogP contribution in [-0.2, 0) is 4.74 Å². The monoisotopic (exact) mass is 217 g/mol. The molecule has 0 radical (unpaired) electrons. The van der Waals surface area contributed by atoms with Crippen LogP contribution in [0.15, 0.2) is 23.5 Å². The van der Waals surface area contributed by atoms with Crippen LogP contribution in [0.25, 0.3) is 0 Å². The SMILES string of the molecule is CC1=C(O)C(O)[C@H](N/C=C(/F)C(=N)N)O1. The number of nitrogens with two attached hydrogens (primary N) is 1. The van der Waals surface area contributed by atoms with Crippen LogP contribution in [-0.4, -0.2) is 28.4 Å². The van der Waals surface area contributed by atoms with Crippen molar-refractivity contribution in [2.45, 2.75) is 19.3 Å². The zero-order valence-electron chi connectivity index (χ0n) is 7.99. The molecular formula is C8H12FN3O3. The maximum atomic E-state index is 12.7. The Morgan fingerprint density at radius 3 is 2.73 bits per heavy atom. The number of amidine groups is 1. The average molecular weight is 217 g/mol. The van der Waals surface area contributed by atoms with E-state index in [1.807, 2.05) is 0 Å². The molecule has 6 N–H and O–H groups in total. The minimum atomic E-state index is -1.26. The molecule has 0 amide bonds. The number of halogens is 1.